The second-order valence-corrected chi connectivity index (χ2v) is 7.12. The Labute approximate surface area is 127 Å². The number of benzene rings is 2. The molecule has 0 aliphatic heterocycles. The van der Waals surface area contributed by atoms with E-state index in [-0.39, 0.29) is 4.90 Å². The highest BCUT2D eigenvalue weighted by Crippen LogP contribution is 2.25. The van der Waals surface area contributed by atoms with Crippen molar-refractivity contribution in [2.75, 3.05) is 10.5 Å². The molecule has 0 amide bonds. The van der Waals surface area contributed by atoms with Gasteiger partial charge in [0.05, 0.1) is 10.6 Å². The van der Waals surface area contributed by atoms with Crippen molar-refractivity contribution in [3.05, 3.63) is 52.0 Å². The second kappa shape index (κ2) is 5.46. The van der Waals surface area contributed by atoms with Gasteiger partial charge in [0, 0.05) is 10.2 Å². The molecule has 0 bridgehead atoms. The van der Waals surface area contributed by atoms with E-state index in [1.165, 1.54) is 0 Å². The first-order valence-electron chi connectivity index (χ1n) is 5.95. The van der Waals surface area contributed by atoms with E-state index in [0.717, 1.165) is 15.6 Å². The molecule has 0 saturated heterocycles. The molecule has 0 atom stereocenters. The van der Waals surface area contributed by atoms with Gasteiger partial charge in [-0.05, 0) is 71.2 Å². The van der Waals surface area contributed by atoms with Crippen LogP contribution in [0.25, 0.3) is 0 Å². The van der Waals surface area contributed by atoms with Gasteiger partial charge in [-0.15, -0.1) is 0 Å². The normalized spacial score (nSPS) is 11.3. The summed E-state index contributed by atoms with van der Waals surface area (Å²) in [6.45, 7) is 3.82. The van der Waals surface area contributed by atoms with Gasteiger partial charge in [-0.25, -0.2) is 8.42 Å². The summed E-state index contributed by atoms with van der Waals surface area (Å²) in [4.78, 5) is 0.238. The van der Waals surface area contributed by atoms with Crippen molar-refractivity contribution in [2.24, 2.45) is 0 Å². The van der Waals surface area contributed by atoms with Crippen LogP contribution in [0.3, 0.4) is 0 Å². The number of hydrogen-bond acceptors (Lipinski definition) is 3. The van der Waals surface area contributed by atoms with Gasteiger partial charge in [0.1, 0.15) is 0 Å². The van der Waals surface area contributed by atoms with E-state index in [1.54, 1.807) is 36.4 Å². The van der Waals surface area contributed by atoms with Crippen molar-refractivity contribution in [3.63, 3.8) is 0 Å². The van der Waals surface area contributed by atoms with Gasteiger partial charge >= 0.3 is 0 Å². The van der Waals surface area contributed by atoms with E-state index < -0.39 is 10.0 Å². The summed E-state index contributed by atoms with van der Waals surface area (Å²) >= 11 is 3.27. The number of nitrogens with two attached hydrogens (primary N) is 1. The maximum atomic E-state index is 12.3. The highest BCUT2D eigenvalue weighted by Gasteiger charge is 2.15. The number of halogens is 1. The smallest absolute Gasteiger partial charge is 0.261 e. The van der Waals surface area contributed by atoms with Crippen LogP contribution in [0.2, 0.25) is 0 Å². The summed E-state index contributed by atoms with van der Waals surface area (Å²) in [5.41, 5.74) is 8.64. The van der Waals surface area contributed by atoms with Crippen LogP contribution in [0.5, 0.6) is 0 Å². The van der Waals surface area contributed by atoms with Crippen LogP contribution in [-0.4, -0.2) is 8.42 Å². The Morgan fingerprint density at radius 2 is 1.75 bits per heavy atom. The molecule has 4 nitrogen and oxygen atoms in total. The third-order valence-corrected chi connectivity index (χ3v) is 5.14. The zero-order valence-electron chi connectivity index (χ0n) is 11.1. The lowest BCUT2D eigenvalue weighted by Crippen LogP contribution is -2.13. The molecule has 0 heterocycles. The van der Waals surface area contributed by atoms with Gasteiger partial charge in [-0.3, -0.25) is 4.72 Å². The maximum Gasteiger partial charge on any atom is 0.261 e. The number of hydrogen-bond donors (Lipinski definition) is 2. The van der Waals surface area contributed by atoms with Crippen LogP contribution in [0.1, 0.15) is 11.1 Å². The van der Waals surface area contributed by atoms with E-state index >= 15 is 0 Å². The lowest BCUT2D eigenvalue weighted by Gasteiger charge is -2.10. The SMILES string of the molecule is Cc1ccc(S(=O)(=O)Nc2ccc(Br)c(N)c2)cc1C. The second-order valence-electron chi connectivity index (χ2n) is 4.59. The maximum absolute atomic E-state index is 12.3. The van der Waals surface area contributed by atoms with Gasteiger partial charge in [0.15, 0.2) is 0 Å². The number of nitrogens with one attached hydrogen (secondary N) is 1. The third kappa shape index (κ3) is 3.13. The van der Waals surface area contributed by atoms with Crippen molar-refractivity contribution in [2.45, 2.75) is 18.7 Å². The van der Waals surface area contributed by atoms with Crippen LogP contribution in [0, 0.1) is 13.8 Å². The number of nitrogen functional groups attached to an aromatic ring is 1. The minimum Gasteiger partial charge on any atom is -0.398 e. The van der Waals surface area contributed by atoms with Crippen LogP contribution in [0.4, 0.5) is 11.4 Å². The van der Waals surface area contributed by atoms with Gasteiger partial charge in [-0.1, -0.05) is 6.07 Å². The Bertz CT molecular complexity index is 758. The molecule has 0 spiro atoms. The summed E-state index contributed by atoms with van der Waals surface area (Å²) in [7, 11) is -3.60. The van der Waals surface area contributed by atoms with Crippen LogP contribution in [-0.2, 0) is 10.0 Å². The fourth-order valence-electron chi connectivity index (χ4n) is 1.70. The molecule has 3 N–H and O–H groups in total. The first-order chi connectivity index (χ1) is 9.29. The predicted octanol–water partition coefficient (Wildman–Crippen LogP) is 3.45. The fraction of sp³-hybridized carbons (Fsp3) is 0.143. The summed E-state index contributed by atoms with van der Waals surface area (Å²) in [6, 6.07) is 9.96. The highest BCUT2D eigenvalue weighted by molar-refractivity contribution is 9.10. The molecule has 20 heavy (non-hydrogen) atoms. The molecule has 0 saturated carbocycles. The molecule has 2 aromatic carbocycles. The Morgan fingerprint density at radius 3 is 2.35 bits per heavy atom. The standard InChI is InChI=1S/C14H15BrN2O2S/c1-9-3-5-12(7-10(9)2)20(18,19)17-11-4-6-13(15)14(16)8-11/h3-8,17H,16H2,1-2H3. The molecule has 2 aromatic rings. The monoisotopic (exact) mass is 354 g/mol. The lowest BCUT2D eigenvalue weighted by atomic mass is 10.1. The van der Waals surface area contributed by atoms with Gasteiger partial charge in [-0.2, -0.15) is 0 Å². The Morgan fingerprint density at radius 1 is 1.05 bits per heavy atom. The molecular weight excluding hydrogens is 340 g/mol. The largest absolute Gasteiger partial charge is 0.398 e. The first-order valence-corrected chi connectivity index (χ1v) is 8.22. The van der Waals surface area contributed by atoms with E-state index in [4.69, 9.17) is 5.73 Å². The van der Waals surface area contributed by atoms with E-state index in [1.807, 2.05) is 13.8 Å². The minimum absolute atomic E-state index is 0.238. The van der Waals surface area contributed by atoms with Crippen molar-refractivity contribution in [3.8, 4) is 0 Å². The van der Waals surface area contributed by atoms with Gasteiger partial charge in [0.25, 0.3) is 10.0 Å². The summed E-state index contributed by atoms with van der Waals surface area (Å²) in [5, 5.41) is 0. The zero-order valence-corrected chi connectivity index (χ0v) is 13.5. The molecule has 0 fully saturated rings. The summed E-state index contributed by atoms with van der Waals surface area (Å²) in [5.74, 6) is 0. The van der Waals surface area contributed by atoms with Crippen LogP contribution in [0.15, 0.2) is 45.8 Å². The number of anilines is 2. The Balaban J connectivity index is 2.35. The zero-order chi connectivity index (χ0) is 14.9. The average Bonchev–Trinajstić information content (AvgIpc) is 2.37. The molecule has 0 aromatic heterocycles. The lowest BCUT2D eigenvalue weighted by molar-refractivity contribution is 0.601. The Hall–Kier alpha value is -1.53. The number of rotatable bonds is 3. The van der Waals surface area contributed by atoms with Crippen molar-refractivity contribution in [1.29, 1.82) is 0 Å². The quantitative estimate of drug-likeness (QED) is 0.829. The number of aryl methyl sites for hydroxylation is 2. The summed E-state index contributed by atoms with van der Waals surface area (Å²) in [6.07, 6.45) is 0. The molecule has 6 heteroatoms. The summed E-state index contributed by atoms with van der Waals surface area (Å²) < 4.78 is 27.8. The molecule has 106 valence electrons. The first kappa shape index (κ1) is 14.9. The van der Waals surface area contributed by atoms with Crippen LogP contribution < -0.4 is 10.5 Å². The molecule has 0 unspecified atom stereocenters. The fourth-order valence-corrected chi connectivity index (χ4v) is 3.08. The molecule has 0 radical (unpaired) electrons. The van der Waals surface area contributed by atoms with Gasteiger partial charge in [0.2, 0.25) is 0 Å². The number of sulfonamides is 1. The minimum atomic E-state index is -3.60. The third-order valence-electron chi connectivity index (χ3n) is 3.04. The highest BCUT2D eigenvalue weighted by atomic mass is 79.9. The molecule has 2 rings (SSSR count). The van der Waals surface area contributed by atoms with Crippen LogP contribution >= 0.6 is 15.9 Å². The topological polar surface area (TPSA) is 72.2 Å². The van der Waals surface area contributed by atoms with Crippen molar-refractivity contribution < 1.29 is 8.42 Å². The van der Waals surface area contributed by atoms with E-state index in [0.29, 0.717) is 11.4 Å². The predicted molar refractivity (Wildman–Crippen MR) is 85.3 cm³/mol. The molecule has 0 aliphatic carbocycles. The molecular formula is C14H15BrN2O2S. The van der Waals surface area contributed by atoms with Gasteiger partial charge < -0.3 is 5.73 Å². The molecule has 0 aliphatic rings. The van der Waals surface area contributed by atoms with E-state index in [9.17, 15) is 8.42 Å². The van der Waals surface area contributed by atoms with E-state index in [2.05, 4.69) is 20.7 Å². The van der Waals surface area contributed by atoms with Crippen molar-refractivity contribution >= 4 is 37.3 Å². The Kier molecular flexibility index (Phi) is 4.06. The average molecular weight is 355 g/mol. The van der Waals surface area contributed by atoms with Crippen molar-refractivity contribution in [1.82, 2.24) is 0 Å².